The van der Waals surface area contributed by atoms with Crippen LogP contribution >= 0.6 is 11.5 Å². The molecule has 0 bridgehead atoms. The number of carbonyl (C=O) groups excluding carboxylic acids is 1. The molecule has 1 aromatic heterocycles. The summed E-state index contributed by atoms with van der Waals surface area (Å²) < 4.78 is 3.80. The van der Waals surface area contributed by atoms with Gasteiger partial charge in [-0.25, -0.2) is 0 Å². The van der Waals surface area contributed by atoms with Gasteiger partial charge in [0, 0.05) is 5.56 Å². The van der Waals surface area contributed by atoms with Gasteiger partial charge >= 0.3 is 0 Å². The maximum absolute atomic E-state index is 12.2. The van der Waals surface area contributed by atoms with Crippen LogP contribution in [0.5, 0.6) is 0 Å². The van der Waals surface area contributed by atoms with Crippen molar-refractivity contribution >= 4 is 17.3 Å². The van der Waals surface area contributed by atoms with Crippen molar-refractivity contribution in [2.45, 2.75) is 33.1 Å². The lowest BCUT2D eigenvalue weighted by atomic mass is 9.86. The lowest BCUT2D eigenvalue weighted by Gasteiger charge is -2.18. The van der Waals surface area contributed by atoms with Crippen molar-refractivity contribution in [1.29, 1.82) is 0 Å². The van der Waals surface area contributed by atoms with Crippen LogP contribution in [0.2, 0.25) is 0 Å². The van der Waals surface area contributed by atoms with Crippen molar-refractivity contribution in [3.8, 4) is 0 Å². The molecule has 0 spiro atoms. The summed E-state index contributed by atoms with van der Waals surface area (Å²) >= 11 is 1.15. The molecule has 0 fully saturated rings. The third-order valence-electron chi connectivity index (χ3n) is 2.87. The summed E-state index contributed by atoms with van der Waals surface area (Å²) in [5.74, 6) is 0.00274. The Balaban J connectivity index is 2.31. The highest BCUT2D eigenvalue weighted by Gasteiger charge is 2.17. The van der Waals surface area contributed by atoms with Gasteiger partial charge in [0.25, 0.3) is 0 Å². The van der Waals surface area contributed by atoms with Crippen molar-refractivity contribution in [1.82, 2.24) is 9.59 Å². The lowest BCUT2D eigenvalue weighted by molar-refractivity contribution is 0.104. The molecule has 94 valence electrons. The van der Waals surface area contributed by atoms with Crippen LogP contribution in [-0.2, 0) is 5.41 Å². The maximum Gasteiger partial charge on any atom is 0.206 e. The van der Waals surface area contributed by atoms with Crippen molar-refractivity contribution < 1.29 is 4.79 Å². The molecule has 0 amide bonds. The Morgan fingerprint density at radius 2 is 1.78 bits per heavy atom. The second-order valence-corrected chi connectivity index (χ2v) is 6.10. The summed E-state index contributed by atoms with van der Waals surface area (Å²) in [6.45, 7) is 8.27. The second kappa shape index (κ2) is 4.61. The summed E-state index contributed by atoms with van der Waals surface area (Å²) in [6, 6.07) is 7.78. The van der Waals surface area contributed by atoms with Crippen LogP contribution in [0.4, 0.5) is 0 Å². The molecule has 2 rings (SSSR count). The first-order valence-electron chi connectivity index (χ1n) is 5.84. The molecule has 0 saturated heterocycles. The van der Waals surface area contributed by atoms with Gasteiger partial charge in [-0.3, -0.25) is 4.79 Å². The molecule has 0 atom stereocenters. The maximum atomic E-state index is 12.2. The van der Waals surface area contributed by atoms with Crippen molar-refractivity contribution in [3.05, 3.63) is 46.0 Å². The standard InChI is InChI=1S/C14H16N2OS/c1-9-13(18-16-15-9)12(17)10-5-7-11(8-6-10)14(2,3)4/h5-8H,1-4H3. The fourth-order valence-electron chi connectivity index (χ4n) is 1.69. The molecule has 4 heteroatoms. The first-order chi connectivity index (χ1) is 8.39. The predicted molar refractivity (Wildman–Crippen MR) is 73.2 cm³/mol. The number of aryl methyl sites for hydroxylation is 1. The third-order valence-corrected chi connectivity index (χ3v) is 3.70. The highest BCUT2D eigenvalue weighted by molar-refractivity contribution is 7.08. The van der Waals surface area contributed by atoms with Crippen molar-refractivity contribution in [2.24, 2.45) is 0 Å². The van der Waals surface area contributed by atoms with Gasteiger partial charge in [0.05, 0.1) is 5.69 Å². The van der Waals surface area contributed by atoms with E-state index in [2.05, 4.69) is 30.4 Å². The largest absolute Gasteiger partial charge is 0.288 e. The zero-order chi connectivity index (χ0) is 13.3. The Hall–Kier alpha value is -1.55. The highest BCUT2D eigenvalue weighted by atomic mass is 32.1. The second-order valence-electron chi connectivity index (χ2n) is 5.34. The number of rotatable bonds is 2. The summed E-state index contributed by atoms with van der Waals surface area (Å²) in [4.78, 5) is 12.8. The van der Waals surface area contributed by atoms with Crippen molar-refractivity contribution in [3.63, 3.8) is 0 Å². The van der Waals surface area contributed by atoms with Gasteiger partial charge in [0.2, 0.25) is 5.78 Å². The van der Waals surface area contributed by atoms with Crippen LogP contribution in [0.3, 0.4) is 0 Å². The van der Waals surface area contributed by atoms with E-state index in [1.54, 1.807) is 6.92 Å². The van der Waals surface area contributed by atoms with E-state index in [0.717, 1.165) is 11.5 Å². The van der Waals surface area contributed by atoms with Crippen LogP contribution in [-0.4, -0.2) is 15.4 Å². The fraction of sp³-hybridized carbons (Fsp3) is 0.357. The molecule has 1 aromatic carbocycles. The van der Waals surface area contributed by atoms with E-state index < -0.39 is 0 Å². The number of nitrogens with zero attached hydrogens (tertiary/aromatic N) is 2. The fourth-order valence-corrected chi connectivity index (χ4v) is 2.31. The van der Waals surface area contributed by atoms with Gasteiger partial charge in [-0.1, -0.05) is 49.5 Å². The zero-order valence-electron chi connectivity index (χ0n) is 11.0. The Kier molecular flexibility index (Phi) is 3.30. The van der Waals surface area contributed by atoms with Gasteiger partial charge < -0.3 is 0 Å². The monoisotopic (exact) mass is 260 g/mol. The third kappa shape index (κ3) is 2.48. The molecular weight excluding hydrogens is 244 g/mol. The molecular formula is C14H16N2OS. The van der Waals surface area contributed by atoms with Crippen molar-refractivity contribution in [2.75, 3.05) is 0 Å². The lowest BCUT2D eigenvalue weighted by Crippen LogP contribution is -2.11. The van der Waals surface area contributed by atoms with E-state index in [1.807, 2.05) is 24.3 Å². The van der Waals surface area contributed by atoms with Gasteiger partial charge in [0.1, 0.15) is 4.88 Å². The predicted octanol–water partition coefficient (Wildman–Crippen LogP) is 3.38. The highest BCUT2D eigenvalue weighted by Crippen LogP contribution is 2.23. The number of ketones is 1. The minimum Gasteiger partial charge on any atom is -0.288 e. The van der Waals surface area contributed by atoms with E-state index in [1.165, 1.54) is 5.56 Å². The van der Waals surface area contributed by atoms with E-state index in [0.29, 0.717) is 16.1 Å². The first-order valence-corrected chi connectivity index (χ1v) is 6.61. The van der Waals surface area contributed by atoms with Crippen LogP contribution in [0.15, 0.2) is 24.3 Å². The van der Waals surface area contributed by atoms with Crippen LogP contribution < -0.4 is 0 Å². The molecule has 18 heavy (non-hydrogen) atoms. The summed E-state index contributed by atoms with van der Waals surface area (Å²) in [5.41, 5.74) is 2.71. The quantitative estimate of drug-likeness (QED) is 0.777. The van der Waals surface area contributed by atoms with Crippen LogP contribution in [0.1, 0.15) is 47.3 Å². The number of hydrogen-bond donors (Lipinski definition) is 0. The smallest absolute Gasteiger partial charge is 0.206 e. The van der Waals surface area contributed by atoms with E-state index in [4.69, 9.17) is 0 Å². The number of aromatic nitrogens is 2. The molecule has 3 nitrogen and oxygen atoms in total. The van der Waals surface area contributed by atoms with Crippen LogP contribution in [0.25, 0.3) is 0 Å². The summed E-state index contributed by atoms with van der Waals surface area (Å²) in [7, 11) is 0. The molecule has 0 unspecified atom stereocenters. The Morgan fingerprint density at radius 1 is 1.17 bits per heavy atom. The van der Waals surface area contributed by atoms with E-state index in [-0.39, 0.29) is 11.2 Å². The SMILES string of the molecule is Cc1nnsc1C(=O)c1ccc(C(C)(C)C)cc1. The summed E-state index contributed by atoms with van der Waals surface area (Å²) in [5, 5.41) is 3.87. The molecule has 0 N–H and O–H groups in total. The molecule has 0 saturated carbocycles. The minimum absolute atomic E-state index is 0.00274. The van der Waals surface area contributed by atoms with Gasteiger partial charge in [-0.05, 0) is 29.4 Å². The molecule has 2 aromatic rings. The molecule has 1 heterocycles. The average molecular weight is 260 g/mol. The molecule has 0 aliphatic heterocycles. The van der Waals surface area contributed by atoms with Gasteiger partial charge in [-0.2, -0.15) is 0 Å². The normalized spacial score (nSPS) is 11.6. The number of carbonyl (C=O) groups is 1. The zero-order valence-corrected chi connectivity index (χ0v) is 11.8. The molecule has 0 aliphatic rings. The molecule has 0 aliphatic carbocycles. The molecule has 0 radical (unpaired) electrons. The number of hydrogen-bond acceptors (Lipinski definition) is 4. The van der Waals surface area contributed by atoms with Crippen LogP contribution in [0, 0.1) is 6.92 Å². The first kappa shape index (κ1) is 12.9. The topological polar surface area (TPSA) is 42.9 Å². The van der Waals surface area contributed by atoms with E-state index >= 15 is 0 Å². The van der Waals surface area contributed by atoms with E-state index in [9.17, 15) is 4.79 Å². The van der Waals surface area contributed by atoms with Gasteiger partial charge in [0.15, 0.2) is 0 Å². The Bertz CT molecular complexity index is 564. The van der Waals surface area contributed by atoms with Gasteiger partial charge in [-0.15, -0.1) is 5.10 Å². The average Bonchev–Trinajstić information content (AvgIpc) is 2.73. The Morgan fingerprint density at radius 3 is 2.22 bits per heavy atom. The Labute approximate surface area is 111 Å². The number of benzene rings is 1. The minimum atomic E-state index is 0.00274. The summed E-state index contributed by atoms with van der Waals surface area (Å²) in [6.07, 6.45) is 0.